The molecule has 1 aliphatic rings. The van der Waals surface area contributed by atoms with Crippen LogP contribution in [0, 0.1) is 11.7 Å². The van der Waals surface area contributed by atoms with Crippen molar-refractivity contribution in [1.29, 1.82) is 0 Å². The lowest BCUT2D eigenvalue weighted by atomic mass is 9.99. The number of benzene rings is 1. The molecule has 0 aliphatic carbocycles. The number of halogens is 1. The van der Waals surface area contributed by atoms with Crippen LogP contribution in [0.4, 0.5) is 10.2 Å². The van der Waals surface area contributed by atoms with E-state index in [2.05, 4.69) is 21.0 Å². The van der Waals surface area contributed by atoms with Crippen LogP contribution in [0.1, 0.15) is 32.1 Å². The highest BCUT2D eigenvalue weighted by Crippen LogP contribution is 2.26. The smallest absolute Gasteiger partial charge is 0.229 e. The molecule has 3 heterocycles. The van der Waals surface area contributed by atoms with Gasteiger partial charge in [-0.1, -0.05) is 26.0 Å². The van der Waals surface area contributed by atoms with E-state index < -0.39 is 6.29 Å². The number of amides is 2. The fraction of sp³-hybridized carbons (Fsp3) is 0.318. The van der Waals surface area contributed by atoms with Gasteiger partial charge in [-0.05, 0) is 35.7 Å². The summed E-state index contributed by atoms with van der Waals surface area (Å²) in [5.74, 6) is 0.438. The number of nitrogens with one attached hydrogen (secondary N) is 3. The lowest BCUT2D eigenvalue weighted by molar-refractivity contribution is -0.126. The number of furan rings is 1. The molecule has 31 heavy (non-hydrogen) atoms. The van der Waals surface area contributed by atoms with Gasteiger partial charge in [-0.3, -0.25) is 14.9 Å². The zero-order valence-corrected chi connectivity index (χ0v) is 17.3. The third-order valence-corrected chi connectivity index (χ3v) is 5.18. The van der Waals surface area contributed by atoms with Crippen LogP contribution in [0.5, 0.6) is 0 Å². The summed E-state index contributed by atoms with van der Waals surface area (Å²) in [6.07, 6.45) is 1.35. The summed E-state index contributed by atoms with van der Waals surface area (Å²) in [5.41, 5.74) is 1.20. The first kappa shape index (κ1) is 20.8. The monoisotopic (exact) mass is 425 g/mol. The second kappa shape index (κ2) is 8.73. The van der Waals surface area contributed by atoms with Gasteiger partial charge in [-0.25, -0.2) is 9.07 Å². The number of nitrogens with zero attached hydrogens (tertiary/aromatic N) is 2. The summed E-state index contributed by atoms with van der Waals surface area (Å²) >= 11 is 0. The molecule has 3 N–H and O–H groups in total. The van der Waals surface area contributed by atoms with Crippen molar-refractivity contribution in [3.63, 3.8) is 0 Å². The first-order valence-corrected chi connectivity index (χ1v) is 10.1. The highest BCUT2D eigenvalue weighted by atomic mass is 19.1. The zero-order valence-electron chi connectivity index (χ0n) is 17.3. The molecule has 2 atom stereocenters. The maximum atomic E-state index is 13.1. The molecule has 0 spiro atoms. The van der Waals surface area contributed by atoms with Crippen LogP contribution >= 0.6 is 0 Å². The Kier molecular flexibility index (Phi) is 5.85. The van der Waals surface area contributed by atoms with E-state index in [1.54, 1.807) is 30.3 Å². The number of carbonyl (C=O) groups excluding carboxylic acids is 2. The van der Waals surface area contributed by atoms with Crippen molar-refractivity contribution < 1.29 is 18.4 Å². The number of aromatic nitrogens is 2. The average molecular weight is 425 g/mol. The quantitative estimate of drug-likeness (QED) is 0.564. The minimum absolute atomic E-state index is 0.0298. The highest BCUT2D eigenvalue weighted by molar-refractivity contribution is 5.92. The topological polar surface area (TPSA) is 101 Å². The summed E-state index contributed by atoms with van der Waals surface area (Å²) in [6.45, 7) is 4.08. The van der Waals surface area contributed by atoms with Crippen LogP contribution in [0.25, 0.3) is 11.5 Å². The molecule has 2 unspecified atom stereocenters. The number of hydrogen-bond acceptors (Lipinski definition) is 5. The molecule has 4 rings (SSSR count). The molecule has 1 fully saturated rings. The first-order valence-electron chi connectivity index (χ1n) is 10.1. The summed E-state index contributed by atoms with van der Waals surface area (Å²) < 4.78 is 20.1. The molecule has 1 saturated heterocycles. The second-order valence-electron chi connectivity index (χ2n) is 7.88. The van der Waals surface area contributed by atoms with Gasteiger partial charge in [-0.2, -0.15) is 5.10 Å². The number of anilines is 1. The van der Waals surface area contributed by atoms with E-state index in [1.807, 2.05) is 13.8 Å². The molecule has 0 bridgehead atoms. The Balaban J connectivity index is 1.60. The molecule has 0 saturated carbocycles. The highest BCUT2D eigenvalue weighted by Gasteiger charge is 2.31. The number of hydrogen-bond donors (Lipinski definition) is 3. The van der Waals surface area contributed by atoms with E-state index >= 15 is 0 Å². The van der Waals surface area contributed by atoms with Crippen LogP contribution in [-0.4, -0.2) is 27.6 Å². The summed E-state index contributed by atoms with van der Waals surface area (Å²) in [6, 6.07) is 10.9. The third-order valence-electron chi connectivity index (χ3n) is 5.18. The van der Waals surface area contributed by atoms with Gasteiger partial charge in [-0.15, -0.1) is 0 Å². The normalized spacial score (nSPS) is 18.8. The Bertz CT molecular complexity index is 1060. The Morgan fingerprint density at radius 1 is 1.32 bits per heavy atom. The Morgan fingerprint density at radius 2 is 2.10 bits per heavy atom. The predicted molar refractivity (Wildman–Crippen MR) is 112 cm³/mol. The minimum atomic E-state index is -0.626. The molecule has 2 aromatic heterocycles. The summed E-state index contributed by atoms with van der Waals surface area (Å²) in [4.78, 5) is 24.9. The van der Waals surface area contributed by atoms with Crippen molar-refractivity contribution in [2.24, 2.45) is 5.92 Å². The molecule has 162 valence electrons. The lowest BCUT2D eigenvalue weighted by Crippen LogP contribution is -2.55. The first-order chi connectivity index (χ1) is 14.9. The SMILES string of the molecule is CC(C)C1CC(=O)NC(n2nc(-c3ccco3)cc2NC(=O)Cc2ccc(F)cc2)N1. The van der Waals surface area contributed by atoms with E-state index in [1.165, 1.54) is 23.1 Å². The van der Waals surface area contributed by atoms with Crippen molar-refractivity contribution in [2.75, 3.05) is 5.32 Å². The largest absolute Gasteiger partial charge is 0.463 e. The van der Waals surface area contributed by atoms with Crippen LogP contribution in [0.3, 0.4) is 0 Å². The molecule has 9 heteroatoms. The van der Waals surface area contributed by atoms with E-state index in [-0.39, 0.29) is 36.0 Å². The average Bonchev–Trinajstić information content (AvgIpc) is 3.39. The van der Waals surface area contributed by atoms with Gasteiger partial charge in [0.25, 0.3) is 0 Å². The zero-order chi connectivity index (χ0) is 22.0. The van der Waals surface area contributed by atoms with E-state index in [4.69, 9.17) is 4.42 Å². The van der Waals surface area contributed by atoms with Gasteiger partial charge >= 0.3 is 0 Å². The van der Waals surface area contributed by atoms with Crippen LogP contribution < -0.4 is 16.0 Å². The van der Waals surface area contributed by atoms with Gasteiger partial charge in [0, 0.05) is 18.5 Å². The molecule has 3 aromatic rings. The maximum absolute atomic E-state index is 13.1. The van der Waals surface area contributed by atoms with Gasteiger partial charge in [0.1, 0.15) is 17.3 Å². The van der Waals surface area contributed by atoms with E-state index in [9.17, 15) is 14.0 Å². The fourth-order valence-electron chi connectivity index (χ4n) is 3.48. The van der Waals surface area contributed by atoms with Crippen molar-refractivity contribution in [3.8, 4) is 11.5 Å². The third kappa shape index (κ3) is 4.83. The molecule has 1 aliphatic heterocycles. The molecule has 2 amide bonds. The van der Waals surface area contributed by atoms with Gasteiger partial charge in [0.2, 0.25) is 11.8 Å². The minimum Gasteiger partial charge on any atom is -0.463 e. The van der Waals surface area contributed by atoms with Crippen molar-refractivity contribution in [3.05, 3.63) is 60.1 Å². The second-order valence-corrected chi connectivity index (χ2v) is 7.88. The number of rotatable bonds is 6. The summed E-state index contributed by atoms with van der Waals surface area (Å²) in [7, 11) is 0. The standard InChI is InChI=1S/C22H24FN5O3/c1-13(2)16-12-21(30)26-22(24-16)28-19(11-17(27-28)18-4-3-9-31-18)25-20(29)10-14-5-7-15(23)8-6-14/h3-9,11,13,16,22,24H,10,12H2,1-2H3,(H,25,29)(H,26,30). The molecular weight excluding hydrogens is 401 g/mol. The Morgan fingerprint density at radius 3 is 2.77 bits per heavy atom. The Hall–Kier alpha value is -3.46. The molecular formula is C22H24FN5O3. The Labute approximate surface area is 178 Å². The van der Waals surface area contributed by atoms with Crippen LogP contribution in [-0.2, 0) is 16.0 Å². The van der Waals surface area contributed by atoms with Crippen molar-refractivity contribution >= 4 is 17.6 Å². The van der Waals surface area contributed by atoms with Gasteiger partial charge in [0.15, 0.2) is 12.0 Å². The molecule has 0 radical (unpaired) electrons. The van der Waals surface area contributed by atoms with Crippen molar-refractivity contribution in [2.45, 2.75) is 39.0 Å². The van der Waals surface area contributed by atoms with Crippen molar-refractivity contribution in [1.82, 2.24) is 20.4 Å². The summed E-state index contributed by atoms with van der Waals surface area (Å²) in [5, 5.41) is 13.6. The van der Waals surface area contributed by atoms with E-state index in [0.717, 1.165) is 0 Å². The molecule has 1 aromatic carbocycles. The van der Waals surface area contributed by atoms with Gasteiger partial charge < -0.3 is 15.1 Å². The maximum Gasteiger partial charge on any atom is 0.229 e. The van der Waals surface area contributed by atoms with Gasteiger partial charge in [0.05, 0.1) is 12.7 Å². The fourth-order valence-corrected chi connectivity index (χ4v) is 3.48. The van der Waals surface area contributed by atoms with Crippen LogP contribution in [0.15, 0.2) is 53.1 Å². The molecule has 8 nitrogen and oxygen atoms in total. The van der Waals surface area contributed by atoms with Crippen LogP contribution in [0.2, 0.25) is 0 Å². The lowest BCUT2D eigenvalue weighted by Gasteiger charge is -2.34. The number of carbonyl (C=O) groups is 2. The van der Waals surface area contributed by atoms with E-state index in [0.29, 0.717) is 29.3 Å². The predicted octanol–water partition coefficient (Wildman–Crippen LogP) is 3.05.